The SMILES string of the molecule is CCCC/C=C/CCCCO[C@H](CO)[C@H]1OC[C@H](O)[C@H]1O. The third kappa shape index (κ3) is 6.89. The van der Waals surface area contributed by atoms with Crippen LogP contribution in [0.1, 0.15) is 45.4 Å². The van der Waals surface area contributed by atoms with Gasteiger partial charge in [-0.05, 0) is 25.7 Å². The standard InChI is InChI=1S/C16H30O5/c1-2-3-4-5-6-7-8-9-10-20-14(11-17)16-15(19)13(18)12-21-16/h5-6,13-19H,2-4,7-12H2,1H3/b6-5+/t13-,14+,15+,16+/m0/s1. The zero-order chi connectivity index (χ0) is 15.5. The Hall–Kier alpha value is -0.460. The highest BCUT2D eigenvalue weighted by molar-refractivity contribution is 4.88. The van der Waals surface area contributed by atoms with E-state index in [9.17, 15) is 15.3 Å². The molecule has 0 unspecified atom stereocenters. The molecule has 1 rings (SSSR count). The highest BCUT2D eigenvalue weighted by Crippen LogP contribution is 2.19. The molecule has 0 spiro atoms. The van der Waals surface area contributed by atoms with Gasteiger partial charge in [-0.1, -0.05) is 31.9 Å². The molecule has 21 heavy (non-hydrogen) atoms. The smallest absolute Gasteiger partial charge is 0.114 e. The van der Waals surface area contributed by atoms with Gasteiger partial charge in [0, 0.05) is 6.61 Å². The lowest BCUT2D eigenvalue weighted by Crippen LogP contribution is -2.42. The van der Waals surface area contributed by atoms with Crippen LogP contribution in [0.4, 0.5) is 0 Å². The van der Waals surface area contributed by atoms with E-state index >= 15 is 0 Å². The average Bonchev–Trinajstić information content (AvgIpc) is 2.82. The monoisotopic (exact) mass is 302 g/mol. The van der Waals surface area contributed by atoms with E-state index in [1.54, 1.807) is 0 Å². The third-order valence-electron chi connectivity index (χ3n) is 3.72. The van der Waals surface area contributed by atoms with E-state index in [-0.39, 0.29) is 13.2 Å². The Morgan fingerprint density at radius 3 is 2.48 bits per heavy atom. The Labute approximate surface area is 127 Å². The fourth-order valence-electron chi connectivity index (χ4n) is 2.36. The fourth-order valence-corrected chi connectivity index (χ4v) is 2.36. The maximum absolute atomic E-state index is 9.73. The summed E-state index contributed by atoms with van der Waals surface area (Å²) in [5.41, 5.74) is 0. The topological polar surface area (TPSA) is 79.2 Å². The first-order valence-corrected chi connectivity index (χ1v) is 8.05. The summed E-state index contributed by atoms with van der Waals surface area (Å²) >= 11 is 0. The van der Waals surface area contributed by atoms with Crippen molar-refractivity contribution in [2.75, 3.05) is 19.8 Å². The average molecular weight is 302 g/mol. The Balaban J connectivity index is 2.09. The molecule has 3 N–H and O–H groups in total. The molecule has 1 fully saturated rings. The molecule has 1 aliphatic rings. The number of hydrogen-bond acceptors (Lipinski definition) is 5. The van der Waals surface area contributed by atoms with Gasteiger partial charge in [-0.25, -0.2) is 0 Å². The van der Waals surface area contributed by atoms with Crippen LogP contribution in [0.2, 0.25) is 0 Å². The van der Waals surface area contributed by atoms with Gasteiger partial charge in [-0.15, -0.1) is 0 Å². The van der Waals surface area contributed by atoms with Crippen LogP contribution in [0.5, 0.6) is 0 Å². The molecule has 0 aliphatic carbocycles. The first-order valence-electron chi connectivity index (χ1n) is 8.05. The first-order chi connectivity index (χ1) is 10.2. The van der Waals surface area contributed by atoms with E-state index < -0.39 is 24.4 Å². The molecule has 0 bridgehead atoms. The lowest BCUT2D eigenvalue weighted by atomic mass is 10.1. The minimum absolute atomic E-state index is 0.0915. The highest BCUT2D eigenvalue weighted by Gasteiger charge is 2.40. The van der Waals surface area contributed by atoms with Gasteiger partial charge < -0.3 is 24.8 Å². The van der Waals surface area contributed by atoms with Crippen molar-refractivity contribution in [2.45, 2.75) is 69.9 Å². The van der Waals surface area contributed by atoms with E-state index in [0.717, 1.165) is 25.7 Å². The number of aliphatic hydroxyl groups is 3. The molecule has 0 saturated carbocycles. The Morgan fingerprint density at radius 1 is 1.19 bits per heavy atom. The minimum Gasteiger partial charge on any atom is -0.394 e. The van der Waals surface area contributed by atoms with Crippen molar-refractivity contribution in [1.29, 1.82) is 0 Å². The molecule has 1 saturated heterocycles. The molecule has 0 aromatic rings. The van der Waals surface area contributed by atoms with Crippen LogP contribution >= 0.6 is 0 Å². The molecule has 1 heterocycles. The first kappa shape index (κ1) is 18.6. The molecule has 0 radical (unpaired) electrons. The van der Waals surface area contributed by atoms with Crippen LogP contribution in [-0.2, 0) is 9.47 Å². The van der Waals surface area contributed by atoms with E-state index in [2.05, 4.69) is 19.1 Å². The number of aliphatic hydroxyl groups excluding tert-OH is 3. The van der Waals surface area contributed by atoms with Crippen molar-refractivity contribution in [3.63, 3.8) is 0 Å². The maximum Gasteiger partial charge on any atom is 0.114 e. The van der Waals surface area contributed by atoms with Crippen molar-refractivity contribution in [2.24, 2.45) is 0 Å². The number of hydrogen-bond donors (Lipinski definition) is 3. The predicted octanol–water partition coefficient (Wildman–Crippen LogP) is 1.40. The van der Waals surface area contributed by atoms with Gasteiger partial charge in [-0.2, -0.15) is 0 Å². The van der Waals surface area contributed by atoms with Crippen LogP contribution in [0.15, 0.2) is 12.2 Å². The van der Waals surface area contributed by atoms with Gasteiger partial charge in [0.2, 0.25) is 0 Å². The second kappa shape index (κ2) is 11.2. The number of ether oxygens (including phenoxy) is 2. The molecule has 5 nitrogen and oxygen atoms in total. The fraction of sp³-hybridized carbons (Fsp3) is 0.875. The van der Waals surface area contributed by atoms with Crippen LogP contribution in [-0.4, -0.2) is 59.6 Å². The Morgan fingerprint density at radius 2 is 1.90 bits per heavy atom. The van der Waals surface area contributed by atoms with Crippen molar-refractivity contribution >= 4 is 0 Å². The van der Waals surface area contributed by atoms with Crippen LogP contribution in [0, 0.1) is 0 Å². The van der Waals surface area contributed by atoms with Gasteiger partial charge in [0.25, 0.3) is 0 Å². The van der Waals surface area contributed by atoms with Gasteiger partial charge >= 0.3 is 0 Å². The quantitative estimate of drug-likeness (QED) is 0.397. The normalized spacial score (nSPS) is 27.5. The van der Waals surface area contributed by atoms with E-state index in [1.165, 1.54) is 12.8 Å². The molecule has 0 aromatic carbocycles. The van der Waals surface area contributed by atoms with Crippen molar-refractivity contribution in [3.8, 4) is 0 Å². The summed E-state index contributed by atoms with van der Waals surface area (Å²) < 4.78 is 10.8. The van der Waals surface area contributed by atoms with Gasteiger partial charge in [0.05, 0.1) is 13.2 Å². The third-order valence-corrected chi connectivity index (χ3v) is 3.72. The molecule has 5 heteroatoms. The molecule has 124 valence electrons. The number of rotatable bonds is 11. The molecular weight excluding hydrogens is 272 g/mol. The zero-order valence-electron chi connectivity index (χ0n) is 13.0. The summed E-state index contributed by atoms with van der Waals surface area (Å²) in [7, 11) is 0. The lowest BCUT2D eigenvalue weighted by molar-refractivity contribution is -0.101. The van der Waals surface area contributed by atoms with Crippen LogP contribution in [0.3, 0.4) is 0 Å². The molecule has 0 aromatic heterocycles. The minimum atomic E-state index is -0.983. The highest BCUT2D eigenvalue weighted by atomic mass is 16.6. The summed E-state index contributed by atoms with van der Waals surface area (Å²) in [5.74, 6) is 0. The molecule has 1 aliphatic heterocycles. The second-order valence-electron chi connectivity index (χ2n) is 5.56. The largest absolute Gasteiger partial charge is 0.394 e. The van der Waals surface area contributed by atoms with E-state index in [1.807, 2.05) is 0 Å². The van der Waals surface area contributed by atoms with Gasteiger partial charge in [-0.3, -0.25) is 0 Å². The van der Waals surface area contributed by atoms with Crippen LogP contribution < -0.4 is 0 Å². The maximum atomic E-state index is 9.73. The lowest BCUT2D eigenvalue weighted by Gasteiger charge is -2.24. The second-order valence-corrected chi connectivity index (χ2v) is 5.56. The Kier molecular flexibility index (Phi) is 9.87. The number of allylic oxidation sites excluding steroid dienone is 2. The summed E-state index contributed by atoms with van der Waals surface area (Å²) in [6, 6.07) is 0. The molecule has 4 atom stereocenters. The van der Waals surface area contributed by atoms with Crippen molar-refractivity contribution in [1.82, 2.24) is 0 Å². The molecule has 0 amide bonds. The van der Waals surface area contributed by atoms with E-state index in [0.29, 0.717) is 6.61 Å². The molecular formula is C16H30O5. The summed E-state index contributed by atoms with van der Waals surface area (Å²) in [5, 5.41) is 28.5. The summed E-state index contributed by atoms with van der Waals surface area (Å²) in [6.45, 7) is 2.59. The van der Waals surface area contributed by atoms with E-state index in [4.69, 9.17) is 9.47 Å². The van der Waals surface area contributed by atoms with Crippen molar-refractivity contribution in [3.05, 3.63) is 12.2 Å². The summed E-state index contributed by atoms with van der Waals surface area (Å²) in [4.78, 5) is 0. The summed E-state index contributed by atoms with van der Waals surface area (Å²) in [6.07, 6.45) is 7.96. The van der Waals surface area contributed by atoms with Crippen molar-refractivity contribution < 1.29 is 24.8 Å². The van der Waals surface area contributed by atoms with Gasteiger partial charge in [0.1, 0.15) is 24.4 Å². The van der Waals surface area contributed by atoms with Crippen LogP contribution in [0.25, 0.3) is 0 Å². The van der Waals surface area contributed by atoms with Gasteiger partial charge in [0.15, 0.2) is 0 Å². The zero-order valence-corrected chi connectivity index (χ0v) is 13.0. The predicted molar refractivity (Wildman–Crippen MR) is 81.1 cm³/mol. The Bertz CT molecular complexity index is 282. The number of unbranched alkanes of at least 4 members (excludes halogenated alkanes) is 4.